The Morgan fingerprint density at radius 3 is 2.75 bits per heavy atom. The van der Waals surface area contributed by atoms with Crippen LogP contribution < -0.4 is 9.47 Å². The molecule has 146 valence electrons. The van der Waals surface area contributed by atoms with Crippen molar-refractivity contribution < 1.29 is 17.9 Å². The molecule has 1 saturated heterocycles. The van der Waals surface area contributed by atoms with Crippen LogP contribution in [0.5, 0.6) is 11.5 Å². The standard InChI is InChI=1S/C19H20N4O4S/c24-28(25,14-7-8-16-17(13-14)27-12-4-11-26-16)23-10-3-5-15(23)19-21-20-18-6-1-2-9-22(18)19/h1-2,6-9,13,15H,3-5,10-12H2. The molecular weight excluding hydrogens is 380 g/mol. The Morgan fingerprint density at radius 1 is 1.00 bits per heavy atom. The molecule has 1 fully saturated rings. The van der Waals surface area contributed by atoms with Crippen LogP contribution in [0.4, 0.5) is 0 Å². The summed E-state index contributed by atoms with van der Waals surface area (Å²) < 4.78 is 41.5. The van der Waals surface area contributed by atoms with Gasteiger partial charge in [-0.05, 0) is 37.1 Å². The van der Waals surface area contributed by atoms with Crippen molar-refractivity contribution in [1.82, 2.24) is 18.9 Å². The van der Waals surface area contributed by atoms with Gasteiger partial charge in [0.2, 0.25) is 10.0 Å². The first-order chi connectivity index (χ1) is 13.6. The molecule has 0 N–H and O–H groups in total. The lowest BCUT2D eigenvalue weighted by Gasteiger charge is -2.23. The highest BCUT2D eigenvalue weighted by atomic mass is 32.2. The lowest BCUT2D eigenvalue weighted by Crippen LogP contribution is -2.31. The van der Waals surface area contributed by atoms with Gasteiger partial charge in [0.1, 0.15) is 0 Å². The molecule has 2 aliphatic heterocycles. The van der Waals surface area contributed by atoms with E-state index in [-0.39, 0.29) is 10.9 Å². The predicted octanol–water partition coefficient (Wildman–Crippen LogP) is 2.42. The minimum atomic E-state index is -3.71. The van der Waals surface area contributed by atoms with Crippen LogP contribution >= 0.6 is 0 Å². The van der Waals surface area contributed by atoms with Crippen molar-refractivity contribution in [2.24, 2.45) is 0 Å². The third kappa shape index (κ3) is 2.82. The van der Waals surface area contributed by atoms with Crippen LogP contribution in [0.3, 0.4) is 0 Å². The van der Waals surface area contributed by atoms with E-state index < -0.39 is 10.0 Å². The summed E-state index contributed by atoms with van der Waals surface area (Å²) in [6.07, 6.45) is 4.11. The molecule has 2 aromatic heterocycles. The fourth-order valence-electron chi connectivity index (χ4n) is 3.81. The van der Waals surface area contributed by atoms with Crippen molar-refractivity contribution in [2.45, 2.75) is 30.2 Å². The van der Waals surface area contributed by atoms with Crippen molar-refractivity contribution in [2.75, 3.05) is 19.8 Å². The van der Waals surface area contributed by atoms with Crippen LogP contribution in [-0.4, -0.2) is 47.1 Å². The van der Waals surface area contributed by atoms with Crippen molar-refractivity contribution in [3.05, 3.63) is 48.4 Å². The van der Waals surface area contributed by atoms with Gasteiger partial charge in [0, 0.05) is 25.2 Å². The fraction of sp³-hybridized carbons (Fsp3) is 0.368. The number of sulfonamides is 1. The number of fused-ring (bicyclic) bond motifs is 2. The highest BCUT2D eigenvalue weighted by Crippen LogP contribution is 2.38. The molecule has 0 amide bonds. The molecule has 1 aromatic carbocycles. The Bertz CT molecular complexity index is 1130. The quantitative estimate of drug-likeness (QED) is 0.671. The fourth-order valence-corrected chi connectivity index (χ4v) is 5.48. The Balaban J connectivity index is 1.53. The van der Waals surface area contributed by atoms with Crippen LogP contribution in [0.25, 0.3) is 5.65 Å². The maximum absolute atomic E-state index is 13.4. The normalized spacial score (nSPS) is 20.4. The van der Waals surface area contributed by atoms with E-state index in [9.17, 15) is 8.42 Å². The summed E-state index contributed by atoms with van der Waals surface area (Å²) in [6, 6.07) is 10.1. The SMILES string of the molecule is O=S(=O)(c1ccc2c(c1)OCCCO2)N1CCCC1c1nnc2ccccn12. The van der Waals surface area contributed by atoms with Crippen molar-refractivity contribution in [1.29, 1.82) is 0 Å². The van der Waals surface area contributed by atoms with Crippen molar-refractivity contribution in [3.8, 4) is 11.5 Å². The van der Waals surface area contributed by atoms with Gasteiger partial charge in [0.05, 0.1) is 24.2 Å². The Morgan fingerprint density at radius 2 is 1.86 bits per heavy atom. The molecule has 28 heavy (non-hydrogen) atoms. The van der Waals surface area contributed by atoms with Crippen LogP contribution in [0.1, 0.15) is 31.1 Å². The van der Waals surface area contributed by atoms with E-state index >= 15 is 0 Å². The molecule has 0 aliphatic carbocycles. The van der Waals surface area contributed by atoms with Gasteiger partial charge < -0.3 is 9.47 Å². The second-order valence-electron chi connectivity index (χ2n) is 6.92. The van der Waals surface area contributed by atoms with Gasteiger partial charge in [-0.3, -0.25) is 4.40 Å². The van der Waals surface area contributed by atoms with Crippen molar-refractivity contribution in [3.63, 3.8) is 0 Å². The number of rotatable bonds is 3. The third-order valence-electron chi connectivity index (χ3n) is 5.17. The molecular formula is C19H20N4O4S. The predicted molar refractivity (Wildman–Crippen MR) is 101 cm³/mol. The molecule has 1 atom stereocenters. The highest BCUT2D eigenvalue weighted by Gasteiger charge is 2.39. The van der Waals surface area contributed by atoms with Gasteiger partial charge in [-0.25, -0.2) is 8.42 Å². The van der Waals surface area contributed by atoms with Gasteiger partial charge in [-0.15, -0.1) is 10.2 Å². The highest BCUT2D eigenvalue weighted by molar-refractivity contribution is 7.89. The number of ether oxygens (including phenoxy) is 2. The first-order valence-corrected chi connectivity index (χ1v) is 10.8. The van der Waals surface area contributed by atoms with Gasteiger partial charge in [0.15, 0.2) is 23.0 Å². The topological polar surface area (TPSA) is 86.0 Å². The third-order valence-corrected chi connectivity index (χ3v) is 7.07. The molecule has 0 spiro atoms. The van der Waals surface area contributed by atoms with E-state index in [1.165, 1.54) is 4.31 Å². The minimum Gasteiger partial charge on any atom is -0.490 e. The number of benzene rings is 1. The second-order valence-corrected chi connectivity index (χ2v) is 8.81. The van der Waals surface area contributed by atoms with Gasteiger partial charge in [0.25, 0.3) is 0 Å². The first kappa shape index (κ1) is 17.4. The molecule has 3 aromatic rings. The maximum Gasteiger partial charge on any atom is 0.243 e. The molecule has 4 heterocycles. The first-order valence-electron chi connectivity index (χ1n) is 9.36. The largest absolute Gasteiger partial charge is 0.490 e. The monoisotopic (exact) mass is 400 g/mol. The Hall–Kier alpha value is -2.65. The van der Waals surface area contributed by atoms with E-state index in [4.69, 9.17) is 9.47 Å². The zero-order valence-electron chi connectivity index (χ0n) is 15.2. The summed E-state index contributed by atoms with van der Waals surface area (Å²) in [5.41, 5.74) is 0.706. The van der Waals surface area contributed by atoms with Gasteiger partial charge in [-0.2, -0.15) is 4.31 Å². The average molecular weight is 400 g/mol. The van der Waals surface area contributed by atoms with Crippen LogP contribution in [0, 0.1) is 0 Å². The van der Waals surface area contributed by atoms with E-state index in [0.717, 1.165) is 12.8 Å². The summed E-state index contributed by atoms with van der Waals surface area (Å²) in [6.45, 7) is 1.52. The number of pyridine rings is 1. The maximum atomic E-state index is 13.4. The zero-order valence-corrected chi connectivity index (χ0v) is 16.0. The Labute approximate surface area is 162 Å². The van der Waals surface area contributed by atoms with Crippen LogP contribution in [0.2, 0.25) is 0 Å². The van der Waals surface area contributed by atoms with Gasteiger partial charge in [-0.1, -0.05) is 6.07 Å². The zero-order chi connectivity index (χ0) is 19.1. The molecule has 8 nitrogen and oxygen atoms in total. The van der Waals surface area contributed by atoms with Crippen molar-refractivity contribution >= 4 is 15.7 Å². The van der Waals surface area contributed by atoms with E-state index in [1.54, 1.807) is 18.2 Å². The molecule has 2 aliphatic rings. The summed E-state index contributed by atoms with van der Waals surface area (Å²) in [7, 11) is -3.71. The van der Waals surface area contributed by atoms with Crippen LogP contribution in [0.15, 0.2) is 47.5 Å². The number of hydrogen-bond acceptors (Lipinski definition) is 6. The molecule has 9 heteroatoms. The summed E-state index contributed by atoms with van der Waals surface area (Å²) in [5.74, 6) is 1.70. The molecule has 0 bridgehead atoms. The number of nitrogens with zero attached hydrogens (tertiary/aromatic N) is 4. The van der Waals surface area contributed by atoms with Gasteiger partial charge >= 0.3 is 0 Å². The molecule has 0 saturated carbocycles. The molecule has 1 unspecified atom stereocenters. The van der Waals surface area contributed by atoms with E-state index in [2.05, 4.69) is 10.2 Å². The van der Waals surface area contributed by atoms with Crippen LogP contribution in [-0.2, 0) is 10.0 Å². The smallest absolute Gasteiger partial charge is 0.243 e. The lowest BCUT2D eigenvalue weighted by molar-refractivity contribution is 0.296. The summed E-state index contributed by atoms with van der Waals surface area (Å²) >= 11 is 0. The summed E-state index contributed by atoms with van der Waals surface area (Å²) in [4.78, 5) is 0.206. The van der Waals surface area contributed by atoms with E-state index in [1.807, 2.05) is 28.8 Å². The lowest BCUT2D eigenvalue weighted by atomic mass is 10.2. The number of hydrogen-bond donors (Lipinski definition) is 0. The molecule has 0 radical (unpaired) electrons. The minimum absolute atomic E-state index is 0.206. The Kier molecular flexibility index (Phi) is 4.21. The molecule has 5 rings (SSSR count). The second kappa shape index (κ2) is 6.75. The van der Waals surface area contributed by atoms with E-state index in [0.29, 0.717) is 49.1 Å². The summed E-state index contributed by atoms with van der Waals surface area (Å²) in [5, 5.41) is 8.46. The average Bonchev–Trinajstić information content (AvgIpc) is 3.29. The number of aromatic nitrogens is 3.